The normalized spacial score (nSPS) is 45.0. The smallest absolute Gasteiger partial charge is 0.00780 e. The van der Waals surface area contributed by atoms with E-state index in [0.29, 0.717) is 0 Å². The Kier molecular flexibility index (Phi) is 2.45. The monoisotopic (exact) mass is 170 g/mol. The third-order valence-electron chi connectivity index (χ3n) is 3.19. The fraction of sp³-hybridized carbons (Fsp3) is 1.00. The van der Waals surface area contributed by atoms with Gasteiger partial charge in [0.25, 0.3) is 0 Å². The van der Waals surface area contributed by atoms with Crippen molar-refractivity contribution in [1.29, 1.82) is 0 Å². The molecule has 2 fully saturated rings. The first kappa shape index (κ1) is 7.97. The quantitative estimate of drug-likeness (QED) is 0.536. The first-order valence-electron chi connectivity index (χ1n) is 5.02. The zero-order valence-electron chi connectivity index (χ0n) is 7.38. The minimum atomic E-state index is 0.953. The van der Waals surface area contributed by atoms with Crippen molar-refractivity contribution in [3.8, 4) is 0 Å². The second kappa shape index (κ2) is 3.38. The first-order chi connectivity index (χ1) is 5.36. The fourth-order valence-corrected chi connectivity index (χ4v) is 4.16. The van der Waals surface area contributed by atoms with Gasteiger partial charge in [0.2, 0.25) is 0 Å². The van der Waals surface area contributed by atoms with Gasteiger partial charge in [0.15, 0.2) is 0 Å². The number of fused-ring (bicyclic) bond motifs is 1. The van der Waals surface area contributed by atoms with E-state index >= 15 is 0 Å². The Labute approximate surface area is 74.1 Å². The molecule has 0 N–H and O–H groups in total. The van der Waals surface area contributed by atoms with Crippen molar-refractivity contribution >= 4 is 11.8 Å². The molecule has 0 aromatic heterocycles. The summed E-state index contributed by atoms with van der Waals surface area (Å²) in [4.78, 5) is 0. The van der Waals surface area contributed by atoms with E-state index in [9.17, 15) is 0 Å². The molecule has 3 unspecified atom stereocenters. The van der Waals surface area contributed by atoms with Crippen molar-refractivity contribution in [2.45, 2.75) is 55.9 Å². The molecule has 2 rings (SSSR count). The van der Waals surface area contributed by atoms with Crippen LogP contribution in [0.1, 0.15) is 45.4 Å². The Bertz CT molecular complexity index is 133. The third-order valence-corrected chi connectivity index (χ3v) is 4.86. The molecule has 1 saturated carbocycles. The molecule has 0 bridgehead atoms. The molecule has 1 heteroatoms. The highest BCUT2D eigenvalue weighted by atomic mass is 32.2. The third kappa shape index (κ3) is 1.74. The average Bonchev–Trinajstić information content (AvgIpc) is 2.04. The van der Waals surface area contributed by atoms with Crippen LogP contribution in [0.5, 0.6) is 0 Å². The maximum atomic E-state index is 2.40. The summed E-state index contributed by atoms with van der Waals surface area (Å²) >= 11 is 2.27. The molecule has 1 aliphatic heterocycles. The predicted molar refractivity (Wildman–Crippen MR) is 52.0 cm³/mol. The van der Waals surface area contributed by atoms with E-state index in [-0.39, 0.29) is 0 Å². The van der Waals surface area contributed by atoms with Crippen molar-refractivity contribution in [3.05, 3.63) is 0 Å². The van der Waals surface area contributed by atoms with Gasteiger partial charge in [-0.15, -0.1) is 0 Å². The van der Waals surface area contributed by atoms with E-state index in [1.807, 2.05) is 0 Å². The topological polar surface area (TPSA) is 0 Å². The zero-order valence-corrected chi connectivity index (χ0v) is 8.20. The Morgan fingerprint density at radius 1 is 1.00 bits per heavy atom. The molecule has 0 amide bonds. The predicted octanol–water partition coefficient (Wildman–Crippen LogP) is 3.46. The lowest BCUT2D eigenvalue weighted by Gasteiger charge is -2.37. The summed E-state index contributed by atoms with van der Waals surface area (Å²) in [6.45, 7) is 2.40. The Morgan fingerprint density at radius 3 is 2.73 bits per heavy atom. The SMILES string of the molecule is CC1CCC2CCCCC2S1. The lowest BCUT2D eigenvalue weighted by molar-refractivity contribution is 0.331. The summed E-state index contributed by atoms with van der Waals surface area (Å²) in [5.41, 5.74) is 0. The van der Waals surface area contributed by atoms with Crippen LogP contribution in [0.3, 0.4) is 0 Å². The Hall–Kier alpha value is 0.350. The molecule has 0 spiro atoms. The van der Waals surface area contributed by atoms with Crippen LogP contribution in [0, 0.1) is 5.92 Å². The van der Waals surface area contributed by atoms with Crippen LogP contribution >= 0.6 is 11.8 Å². The minimum Gasteiger partial charge on any atom is -0.155 e. The van der Waals surface area contributed by atoms with Crippen LogP contribution < -0.4 is 0 Å². The van der Waals surface area contributed by atoms with Crippen molar-refractivity contribution < 1.29 is 0 Å². The van der Waals surface area contributed by atoms with Gasteiger partial charge in [0.05, 0.1) is 0 Å². The van der Waals surface area contributed by atoms with E-state index in [0.717, 1.165) is 16.4 Å². The summed E-state index contributed by atoms with van der Waals surface area (Å²) in [7, 11) is 0. The summed E-state index contributed by atoms with van der Waals surface area (Å²) in [5, 5.41) is 2.00. The molecule has 11 heavy (non-hydrogen) atoms. The largest absolute Gasteiger partial charge is 0.155 e. The van der Waals surface area contributed by atoms with Crippen LogP contribution in [0.15, 0.2) is 0 Å². The van der Waals surface area contributed by atoms with Gasteiger partial charge in [-0.3, -0.25) is 0 Å². The van der Waals surface area contributed by atoms with E-state index in [2.05, 4.69) is 18.7 Å². The highest BCUT2D eigenvalue weighted by molar-refractivity contribution is 8.00. The van der Waals surface area contributed by atoms with Crippen LogP contribution in [0.4, 0.5) is 0 Å². The number of hydrogen-bond donors (Lipinski definition) is 0. The van der Waals surface area contributed by atoms with Crippen molar-refractivity contribution in [1.82, 2.24) is 0 Å². The van der Waals surface area contributed by atoms with E-state index in [4.69, 9.17) is 0 Å². The average molecular weight is 170 g/mol. The summed E-state index contributed by atoms with van der Waals surface area (Å²) in [6.07, 6.45) is 9.06. The van der Waals surface area contributed by atoms with Gasteiger partial charge in [-0.2, -0.15) is 11.8 Å². The number of thioether (sulfide) groups is 1. The molecule has 3 atom stereocenters. The van der Waals surface area contributed by atoms with Crippen LogP contribution in [-0.4, -0.2) is 10.5 Å². The second-order valence-corrected chi connectivity index (χ2v) is 5.79. The van der Waals surface area contributed by atoms with Crippen molar-refractivity contribution in [2.24, 2.45) is 5.92 Å². The lowest BCUT2D eigenvalue weighted by Crippen LogP contribution is -2.28. The fourth-order valence-electron chi connectivity index (χ4n) is 2.50. The van der Waals surface area contributed by atoms with Gasteiger partial charge in [-0.05, 0) is 31.6 Å². The Morgan fingerprint density at radius 2 is 1.82 bits per heavy atom. The lowest BCUT2D eigenvalue weighted by atomic mass is 9.85. The van der Waals surface area contributed by atoms with E-state index < -0.39 is 0 Å². The Balaban J connectivity index is 1.93. The molecular weight excluding hydrogens is 152 g/mol. The zero-order chi connectivity index (χ0) is 7.68. The molecule has 1 heterocycles. The van der Waals surface area contributed by atoms with Gasteiger partial charge >= 0.3 is 0 Å². The van der Waals surface area contributed by atoms with Gasteiger partial charge in [-0.25, -0.2) is 0 Å². The van der Waals surface area contributed by atoms with Gasteiger partial charge in [0.1, 0.15) is 0 Å². The van der Waals surface area contributed by atoms with Gasteiger partial charge in [0, 0.05) is 10.5 Å². The standard InChI is InChI=1S/C10H18S/c1-8-6-7-9-4-2-3-5-10(9)11-8/h8-10H,2-7H2,1H3. The van der Waals surface area contributed by atoms with Gasteiger partial charge in [-0.1, -0.05) is 19.8 Å². The molecule has 0 radical (unpaired) electrons. The molecule has 0 aromatic rings. The molecule has 2 aliphatic rings. The first-order valence-corrected chi connectivity index (χ1v) is 5.96. The molecule has 1 saturated heterocycles. The molecule has 0 aromatic carbocycles. The molecule has 0 nitrogen and oxygen atoms in total. The minimum absolute atomic E-state index is 0.953. The number of rotatable bonds is 0. The second-order valence-electron chi connectivity index (χ2n) is 4.11. The van der Waals surface area contributed by atoms with Crippen LogP contribution in [0.25, 0.3) is 0 Å². The van der Waals surface area contributed by atoms with Gasteiger partial charge < -0.3 is 0 Å². The van der Waals surface area contributed by atoms with Crippen molar-refractivity contribution in [2.75, 3.05) is 0 Å². The molecule has 1 aliphatic carbocycles. The van der Waals surface area contributed by atoms with E-state index in [1.54, 1.807) is 0 Å². The van der Waals surface area contributed by atoms with Crippen molar-refractivity contribution in [3.63, 3.8) is 0 Å². The maximum Gasteiger partial charge on any atom is 0.00780 e. The highest BCUT2D eigenvalue weighted by Crippen LogP contribution is 2.43. The number of hydrogen-bond acceptors (Lipinski definition) is 1. The maximum absolute atomic E-state index is 2.40. The summed E-state index contributed by atoms with van der Waals surface area (Å²) in [5.74, 6) is 1.10. The highest BCUT2D eigenvalue weighted by Gasteiger charge is 2.30. The molecular formula is C10H18S. The van der Waals surface area contributed by atoms with Crippen LogP contribution in [-0.2, 0) is 0 Å². The van der Waals surface area contributed by atoms with E-state index in [1.165, 1.54) is 38.5 Å². The molecule has 64 valence electrons. The summed E-state index contributed by atoms with van der Waals surface area (Å²) < 4.78 is 0. The summed E-state index contributed by atoms with van der Waals surface area (Å²) in [6, 6.07) is 0. The van der Waals surface area contributed by atoms with Crippen LogP contribution in [0.2, 0.25) is 0 Å².